The molecule has 0 unspecified atom stereocenters. The fourth-order valence-electron chi connectivity index (χ4n) is 4.54. The van der Waals surface area contributed by atoms with Crippen LogP contribution in [0.3, 0.4) is 0 Å². The minimum atomic E-state index is 0.348. The molecule has 4 rings (SSSR count). The van der Waals surface area contributed by atoms with Crippen LogP contribution in [0.25, 0.3) is 0 Å². The second-order valence-electron chi connectivity index (χ2n) is 6.96. The minimum Gasteiger partial charge on any atom is -0.361 e. The lowest BCUT2D eigenvalue weighted by Crippen LogP contribution is -2.61. The van der Waals surface area contributed by atoms with Crippen molar-refractivity contribution >= 4 is 5.69 Å². The molecule has 0 radical (unpaired) electrons. The van der Waals surface area contributed by atoms with Gasteiger partial charge in [-0.3, -0.25) is 4.98 Å². The van der Waals surface area contributed by atoms with E-state index in [0.29, 0.717) is 11.6 Å². The van der Waals surface area contributed by atoms with Gasteiger partial charge in [0.25, 0.3) is 0 Å². The summed E-state index contributed by atoms with van der Waals surface area (Å²) in [5, 5.41) is 0. The molecule has 0 amide bonds. The second-order valence-corrected chi connectivity index (χ2v) is 6.96. The predicted molar refractivity (Wildman–Crippen MR) is 80.8 cm³/mol. The molecule has 0 spiro atoms. The smallest absolute Gasteiger partial charge is 0.0619 e. The number of aryl methyl sites for hydroxylation is 3. The van der Waals surface area contributed by atoms with Crippen LogP contribution in [-0.2, 0) is 0 Å². The summed E-state index contributed by atoms with van der Waals surface area (Å²) in [5.74, 6) is 0.877. The third kappa shape index (κ3) is 1.87. The van der Waals surface area contributed by atoms with Gasteiger partial charge in [0.05, 0.1) is 11.4 Å². The van der Waals surface area contributed by atoms with E-state index in [9.17, 15) is 0 Å². The highest BCUT2D eigenvalue weighted by Crippen LogP contribution is 2.49. The Balaban J connectivity index is 2.11. The van der Waals surface area contributed by atoms with E-state index in [-0.39, 0.29) is 0 Å². The normalized spacial score (nSPS) is 33.8. The molecule has 19 heavy (non-hydrogen) atoms. The molecule has 3 aliphatic rings. The maximum absolute atomic E-state index is 4.72. The molecule has 3 fully saturated rings. The summed E-state index contributed by atoms with van der Waals surface area (Å²) < 4.78 is 0. The van der Waals surface area contributed by atoms with Gasteiger partial charge < -0.3 is 4.90 Å². The molecule has 1 aromatic heterocycles. The van der Waals surface area contributed by atoms with Crippen molar-refractivity contribution in [3.8, 4) is 0 Å². The Morgan fingerprint density at radius 2 is 1.84 bits per heavy atom. The fourth-order valence-corrected chi connectivity index (χ4v) is 4.54. The zero-order valence-electron chi connectivity index (χ0n) is 13.0. The SMILES string of the molecule is Cc1cc(C)c(N2[C@@H](C)C3CCC2(C)CC3)c(C)n1. The molecular formula is C17H26N2. The minimum absolute atomic E-state index is 0.348. The molecule has 2 bridgehead atoms. The maximum atomic E-state index is 4.72. The molecule has 1 aliphatic carbocycles. The molecule has 3 heterocycles. The summed E-state index contributed by atoms with van der Waals surface area (Å²) in [5.41, 5.74) is 5.49. The fraction of sp³-hybridized carbons (Fsp3) is 0.706. The molecule has 2 saturated heterocycles. The van der Waals surface area contributed by atoms with Gasteiger partial charge in [0, 0.05) is 17.3 Å². The van der Waals surface area contributed by atoms with Crippen molar-refractivity contribution in [1.82, 2.24) is 4.98 Å². The topological polar surface area (TPSA) is 16.1 Å². The van der Waals surface area contributed by atoms with Crippen molar-refractivity contribution < 1.29 is 0 Å². The number of aromatic nitrogens is 1. The quantitative estimate of drug-likeness (QED) is 0.751. The second kappa shape index (κ2) is 4.22. The Bertz CT molecular complexity index is 475. The Morgan fingerprint density at radius 3 is 2.37 bits per heavy atom. The summed E-state index contributed by atoms with van der Waals surface area (Å²) in [7, 11) is 0. The first kappa shape index (κ1) is 13.0. The molecule has 1 atom stereocenters. The largest absolute Gasteiger partial charge is 0.361 e. The highest BCUT2D eigenvalue weighted by Gasteiger charge is 2.47. The number of rotatable bonds is 1. The van der Waals surface area contributed by atoms with Crippen LogP contribution in [0, 0.1) is 26.7 Å². The van der Waals surface area contributed by atoms with Gasteiger partial charge in [-0.15, -0.1) is 0 Å². The van der Waals surface area contributed by atoms with E-state index >= 15 is 0 Å². The predicted octanol–water partition coefficient (Wildman–Crippen LogP) is 4.16. The summed E-state index contributed by atoms with van der Waals surface area (Å²) in [6, 6.07) is 2.90. The summed E-state index contributed by atoms with van der Waals surface area (Å²) in [6.45, 7) is 11.4. The van der Waals surface area contributed by atoms with Crippen molar-refractivity contribution in [3.05, 3.63) is 23.0 Å². The van der Waals surface area contributed by atoms with Gasteiger partial charge in [0.2, 0.25) is 0 Å². The number of hydrogen-bond acceptors (Lipinski definition) is 2. The third-order valence-electron chi connectivity index (χ3n) is 5.51. The van der Waals surface area contributed by atoms with Crippen LogP contribution in [0.5, 0.6) is 0 Å². The van der Waals surface area contributed by atoms with Crippen molar-refractivity contribution in [2.75, 3.05) is 4.90 Å². The van der Waals surface area contributed by atoms with Gasteiger partial charge in [0.1, 0.15) is 0 Å². The van der Waals surface area contributed by atoms with Crippen LogP contribution >= 0.6 is 0 Å². The average molecular weight is 258 g/mol. The van der Waals surface area contributed by atoms with Crippen molar-refractivity contribution in [1.29, 1.82) is 0 Å². The lowest BCUT2D eigenvalue weighted by molar-refractivity contribution is 0.133. The van der Waals surface area contributed by atoms with E-state index in [2.05, 4.69) is 45.6 Å². The van der Waals surface area contributed by atoms with Gasteiger partial charge in [-0.1, -0.05) is 0 Å². The van der Waals surface area contributed by atoms with Crippen LogP contribution in [0.2, 0.25) is 0 Å². The Labute approximate surface area is 117 Å². The highest BCUT2D eigenvalue weighted by molar-refractivity contribution is 5.60. The number of piperidine rings is 2. The van der Waals surface area contributed by atoms with E-state index in [1.807, 2.05) is 0 Å². The molecule has 2 heteroatoms. The van der Waals surface area contributed by atoms with Gasteiger partial charge in [-0.05, 0) is 77.8 Å². The molecule has 2 nitrogen and oxygen atoms in total. The van der Waals surface area contributed by atoms with Crippen LogP contribution in [-0.4, -0.2) is 16.6 Å². The zero-order chi connectivity index (χ0) is 13.8. The molecule has 104 valence electrons. The lowest BCUT2D eigenvalue weighted by Gasteiger charge is -2.58. The van der Waals surface area contributed by atoms with Gasteiger partial charge in [-0.25, -0.2) is 0 Å². The number of pyridine rings is 1. The van der Waals surface area contributed by atoms with Gasteiger partial charge in [0.15, 0.2) is 0 Å². The van der Waals surface area contributed by atoms with E-state index < -0.39 is 0 Å². The van der Waals surface area contributed by atoms with Crippen molar-refractivity contribution in [3.63, 3.8) is 0 Å². The molecule has 0 aromatic carbocycles. The Hall–Kier alpha value is -1.05. The molecule has 1 saturated carbocycles. The first-order valence-corrected chi connectivity index (χ1v) is 7.66. The lowest BCUT2D eigenvalue weighted by atomic mass is 9.67. The van der Waals surface area contributed by atoms with E-state index in [1.165, 1.54) is 42.6 Å². The number of fused-ring (bicyclic) bond motifs is 3. The van der Waals surface area contributed by atoms with Crippen molar-refractivity contribution in [2.45, 2.75) is 71.9 Å². The van der Waals surface area contributed by atoms with Crippen LogP contribution in [0.1, 0.15) is 56.5 Å². The molecule has 1 aromatic rings. The van der Waals surface area contributed by atoms with Crippen LogP contribution < -0.4 is 4.90 Å². The van der Waals surface area contributed by atoms with Gasteiger partial charge in [-0.2, -0.15) is 0 Å². The monoisotopic (exact) mass is 258 g/mol. The van der Waals surface area contributed by atoms with Crippen LogP contribution in [0.4, 0.5) is 5.69 Å². The Kier molecular flexibility index (Phi) is 2.88. The maximum Gasteiger partial charge on any atom is 0.0619 e. The summed E-state index contributed by atoms with van der Waals surface area (Å²) in [6.07, 6.45) is 5.50. The first-order chi connectivity index (χ1) is 8.92. The Morgan fingerprint density at radius 1 is 1.21 bits per heavy atom. The van der Waals surface area contributed by atoms with E-state index in [4.69, 9.17) is 4.98 Å². The van der Waals surface area contributed by atoms with Crippen LogP contribution in [0.15, 0.2) is 6.07 Å². The van der Waals surface area contributed by atoms with Crippen molar-refractivity contribution in [2.24, 2.45) is 5.92 Å². The summed E-state index contributed by atoms with van der Waals surface area (Å²) in [4.78, 5) is 7.43. The zero-order valence-corrected chi connectivity index (χ0v) is 13.0. The highest BCUT2D eigenvalue weighted by atomic mass is 15.3. The number of hydrogen-bond donors (Lipinski definition) is 0. The molecular weight excluding hydrogens is 232 g/mol. The number of anilines is 1. The van der Waals surface area contributed by atoms with Gasteiger partial charge >= 0.3 is 0 Å². The third-order valence-corrected chi connectivity index (χ3v) is 5.51. The first-order valence-electron chi connectivity index (χ1n) is 7.66. The molecule has 0 N–H and O–H groups in total. The number of nitrogens with zero attached hydrogens (tertiary/aromatic N) is 2. The molecule has 2 aliphatic heterocycles. The van der Waals surface area contributed by atoms with E-state index in [1.54, 1.807) is 0 Å². The standard InChI is InChI=1S/C17H26N2/c1-11-10-12(2)18-13(3)16(11)19-14(4)15-6-8-17(19,5)9-7-15/h10,14-15H,6-9H2,1-5H3/t14-,15?,17?/m0/s1. The van der Waals surface area contributed by atoms with E-state index in [0.717, 1.165) is 11.6 Å². The average Bonchev–Trinajstić information content (AvgIpc) is 2.32. The summed E-state index contributed by atoms with van der Waals surface area (Å²) >= 11 is 0.